The van der Waals surface area contributed by atoms with Crippen molar-refractivity contribution < 1.29 is 4.79 Å². The Hall–Kier alpha value is -3.14. The molecule has 0 spiro atoms. The zero-order chi connectivity index (χ0) is 20.1. The summed E-state index contributed by atoms with van der Waals surface area (Å²) in [4.78, 5) is 18.9. The predicted molar refractivity (Wildman–Crippen MR) is 117 cm³/mol. The lowest BCUT2D eigenvalue weighted by Gasteiger charge is -2.17. The monoisotopic (exact) mass is 421 g/mol. The molecule has 30 heavy (non-hydrogen) atoms. The van der Waals surface area contributed by atoms with Gasteiger partial charge in [-0.1, -0.05) is 42.5 Å². The number of likely N-dealkylation sites (tertiary alicyclic amines) is 1. The smallest absolute Gasteiger partial charge is 0.240 e. The van der Waals surface area contributed by atoms with Gasteiger partial charge in [-0.2, -0.15) is 5.26 Å². The number of hydrogen-bond donors (Lipinski definition) is 1. The van der Waals surface area contributed by atoms with E-state index in [-0.39, 0.29) is 24.4 Å². The number of amides is 1. The maximum atomic E-state index is 12.7. The summed E-state index contributed by atoms with van der Waals surface area (Å²) in [7, 11) is 0. The van der Waals surface area contributed by atoms with Crippen LogP contribution in [0.25, 0.3) is 0 Å². The first-order chi connectivity index (χ1) is 14.2. The van der Waals surface area contributed by atoms with E-state index in [0.717, 1.165) is 29.8 Å². The molecule has 1 N–H and O–H groups in total. The second-order valence-electron chi connectivity index (χ2n) is 7.29. The van der Waals surface area contributed by atoms with Gasteiger partial charge in [-0.05, 0) is 29.7 Å². The van der Waals surface area contributed by atoms with Gasteiger partial charge in [0.05, 0.1) is 29.7 Å². The molecule has 1 aromatic heterocycles. The number of carbonyl (C=O) groups is 1. The highest BCUT2D eigenvalue weighted by Gasteiger charge is 2.31. The number of aromatic nitrogens is 2. The number of carbonyl (C=O) groups excluding carboxylic acids is 1. The van der Waals surface area contributed by atoms with Crippen molar-refractivity contribution in [3.8, 4) is 6.07 Å². The minimum Gasteiger partial charge on any atom is -0.337 e. The first-order valence-electron chi connectivity index (χ1n) is 9.77. The molecule has 1 fully saturated rings. The highest BCUT2D eigenvalue weighted by atomic mass is 35.5. The molecule has 3 aromatic rings. The SMILES string of the molecule is Cl.N#Cc1ccc(Cn2cncc2CN[C@H]2CCN(Cc3ccccc3)C2=O)cc1. The molecule has 7 heteroatoms. The highest BCUT2D eigenvalue weighted by Crippen LogP contribution is 2.16. The molecule has 2 aromatic carbocycles. The molecule has 1 aliphatic rings. The van der Waals surface area contributed by atoms with Crippen LogP contribution < -0.4 is 5.32 Å². The molecule has 1 saturated heterocycles. The number of imidazole rings is 1. The number of hydrogen-bond acceptors (Lipinski definition) is 4. The first-order valence-corrected chi connectivity index (χ1v) is 9.77. The average Bonchev–Trinajstić information content (AvgIpc) is 3.34. The van der Waals surface area contributed by atoms with Gasteiger partial charge in [0, 0.05) is 32.4 Å². The summed E-state index contributed by atoms with van der Waals surface area (Å²) < 4.78 is 2.07. The molecule has 1 atom stereocenters. The van der Waals surface area contributed by atoms with Crippen LogP contribution in [-0.4, -0.2) is 32.9 Å². The lowest BCUT2D eigenvalue weighted by atomic mass is 10.1. The Morgan fingerprint density at radius 2 is 1.80 bits per heavy atom. The number of benzene rings is 2. The van der Waals surface area contributed by atoms with Crippen molar-refractivity contribution in [2.75, 3.05) is 6.54 Å². The zero-order valence-electron chi connectivity index (χ0n) is 16.6. The van der Waals surface area contributed by atoms with E-state index in [9.17, 15) is 4.79 Å². The summed E-state index contributed by atoms with van der Waals surface area (Å²) in [5, 5.41) is 12.3. The normalized spacial score (nSPS) is 15.6. The molecule has 2 heterocycles. The summed E-state index contributed by atoms with van der Waals surface area (Å²) >= 11 is 0. The Kier molecular flexibility index (Phi) is 7.23. The van der Waals surface area contributed by atoms with Crippen molar-refractivity contribution >= 4 is 18.3 Å². The van der Waals surface area contributed by atoms with Crippen LogP contribution in [0.3, 0.4) is 0 Å². The lowest BCUT2D eigenvalue weighted by molar-refractivity contribution is -0.129. The van der Waals surface area contributed by atoms with Crippen molar-refractivity contribution in [2.24, 2.45) is 0 Å². The quantitative estimate of drug-likeness (QED) is 0.636. The summed E-state index contributed by atoms with van der Waals surface area (Å²) in [5.41, 5.74) is 3.95. The van der Waals surface area contributed by atoms with Gasteiger partial charge in [0.2, 0.25) is 5.91 Å². The van der Waals surface area contributed by atoms with Crippen LogP contribution in [0.2, 0.25) is 0 Å². The summed E-state index contributed by atoms with van der Waals surface area (Å²) in [5.74, 6) is 0.159. The fraction of sp³-hybridized carbons (Fsp3) is 0.261. The van der Waals surface area contributed by atoms with Crippen LogP contribution in [0.15, 0.2) is 67.1 Å². The van der Waals surface area contributed by atoms with Crippen molar-refractivity contribution in [3.05, 3.63) is 89.5 Å². The van der Waals surface area contributed by atoms with Crippen LogP contribution in [0.4, 0.5) is 0 Å². The molecular weight excluding hydrogens is 398 g/mol. The van der Waals surface area contributed by atoms with E-state index in [1.165, 1.54) is 0 Å². The molecule has 0 aliphatic carbocycles. The Labute approximate surface area is 182 Å². The minimum absolute atomic E-state index is 0. The molecule has 0 bridgehead atoms. The number of nitrogens with one attached hydrogen (secondary N) is 1. The summed E-state index contributed by atoms with van der Waals surface area (Å²) in [6.45, 7) is 2.71. The van der Waals surface area contributed by atoms with Gasteiger partial charge in [-0.15, -0.1) is 12.4 Å². The molecule has 1 amide bonds. The van der Waals surface area contributed by atoms with Crippen molar-refractivity contribution in [2.45, 2.75) is 32.1 Å². The molecule has 4 rings (SSSR count). The maximum absolute atomic E-state index is 12.7. The van der Waals surface area contributed by atoms with Crippen LogP contribution in [0.1, 0.15) is 28.8 Å². The van der Waals surface area contributed by atoms with Crippen molar-refractivity contribution in [1.29, 1.82) is 5.26 Å². The zero-order valence-corrected chi connectivity index (χ0v) is 17.4. The van der Waals surface area contributed by atoms with Gasteiger partial charge in [0.1, 0.15) is 0 Å². The third-order valence-electron chi connectivity index (χ3n) is 5.28. The largest absolute Gasteiger partial charge is 0.337 e. The van der Waals surface area contributed by atoms with Crippen molar-refractivity contribution in [3.63, 3.8) is 0 Å². The van der Waals surface area contributed by atoms with Gasteiger partial charge < -0.3 is 14.8 Å². The average molecular weight is 422 g/mol. The van der Waals surface area contributed by atoms with Crippen LogP contribution in [0, 0.1) is 11.3 Å². The fourth-order valence-electron chi connectivity index (χ4n) is 3.64. The van der Waals surface area contributed by atoms with E-state index in [2.05, 4.69) is 33.1 Å². The van der Waals surface area contributed by atoms with Crippen LogP contribution in [0.5, 0.6) is 0 Å². The van der Waals surface area contributed by atoms with Gasteiger partial charge in [0.25, 0.3) is 0 Å². The fourth-order valence-corrected chi connectivity index (χ4v) is 3.64. The minimum atomic E-state index is -0.156. The molecule has 0 radical (unpaired) electrons. The van der Waals surface area contributed by atoms with Gasteiger partial charge in [-0.3, -0.25) is 4.79 Å². The van der Waals surface area contributed by atoms with Gasteiger partial charge in [-0.25, -0.2) is 4.98 Å². The highest BCUT2D eigenvalue weighted by molar-refractivity contribution is 5.85. The maximum Gasteiger partial charge on any atom is 0.240 e. The summed E-state index contributed by atoms with van der Waals surface area (Å²) in [6, 6.07) is 19.6. The van der Waals surface area contributed by atoms with Crippen LogP contribution in [-0.2, 0) is 24.4 Å². The Morgan fingerprint density at radius 1 is 1.07 bits per heavy atom. The third-order valence-corrected chi connectivity index (χ3v) is 5.28. The predicted octanol–water partition coefficient (Wildman–Crippen LogP) is 3.12. The first kappa shape index (κ1) is 21.6. The Balaban J connectivity index is 0.00000256. The summed E-state index contributed by atoms with van der Waals surface area (Å²) in [6.07, 6.45) is 4.45. The Bertz CT molecular complexity index is 1010. The third kappa shape index (κ3) is 5.07. The van der Waals surface area contributed by atoms with Crippen molar-refractivity contribution in [1.82, 2.24) is 19.8 Å². The van der Waals surface area contributed by atoms with E-state index in [0.29, 0.717) is 25.2 Å². The standard InChI is InChI=1S/C23H23N5O.ClH/c24-12-18-6-8-20(9-7-18)16-28-17-25-13-21(28)14-26-22-10-11-27(23(22)29)15-19-4-2-1-3-5-19;/h1-9,13,17,22,26H,10-11,14-16H2;1H/t22-;/m0./s1. The van der Waals surface area contributed by atoms with Crippen LogP contribution >= 0.6 is 12.4 Å². The van der Waals surface area contributed by atoms with Gasteiger partial charge in [0.15, 0.2) is 0 Å². The number of rotatable bonds is 7. The second kappa shape index (κ2) is 10.1. The topological polar surface area (TPSA) is 74.0 Å². The molecule has 6 nitrogen and oxygen atoms in total. The molecule has 0 unspecified atom stereocenters. The molecular formula is C23H24ClN5O. The van der Waals surface area contributed by atoms with Gasteiger partial charge >= 0.3 is 0 Å². The van der Waals surface area contributed by atoms with E-state index >= 15 is 0 Å². The van der Waals surface area contributed by atoms with E-state index in [1.807, 2.05) is 53.6 Å². The molecule has 154 valence electrons. The van der Waals surface area contributed by atoms with E-state index in [4.69, 9.17) is 5.26 Å². The number of halogens is 1. The lowest BCUT2D eigenvalue weighted by Crippen LogP contribution is -2.38. The van der Waals surface area contributed by atoms with E-state index < -0.39 is 0 Å². The number of nitriles is 1. The van der Waals surface area contributed by atoms with E-state index in [1.54, 1.807) is 6.33 Å². The molecule has 0 saturated carbocycles. The Morgan fingerprint density at radius 3 is 2.53 bits per heavy atom. The number of nitrogens with zero attached hydrogens (tertiary/aromatic N) is 4. The molecule has 1 aliphatic heterocycles. The second-order valence-corrected chi connectivity index (χ2v) is 7.29.